The zero-order valence-corrected chi connectivity index (χ0v) is 19.4. The van der Waals surface area contributed by atoms with E-state index in [0.29, 0.717) is 36.7 Å². The minimum absolute atomic E-state index is 0.0532. The van der Waals surface area contributed by atoms with Crippen molar-refractivity contribution in [3.63, 3.8) is 0 Å². The Morgan fingerprint density at radius 3 is 2.71 bits per heavy atom. The number of hydrogen-bond acceptors (Lipinski definition) is 7. The van der Waals surface area contributed by atoms with Crippen molar-refractivity contribution in [3.8, 4) is 11.9 Å². The third kappa shape index (κ3) is 5.00. The number of carbonyl (C=O) groups is 1. The summed E-state index contributed by atoms with van der Waals surface area (Å²) >= 11 is 0. The predicted molar refractivity (Wildman–Crippen MR) is 125 cm³/mol. The van der Waals surface area contributed by atoms with Gasteiger partial charge in [-0.15, -0.1) is 5.10 Å². The Balaban J connectivity index is 1.45. The first kappa shape index (κ1) is 23.2. The number of hydrogen-bond donors (Lipinski definition) is 1. The van der Waals surface area contributed by atoms with E-state index in [0.717, 1.165) is 24.2 Å². The Hall–Kier alpha value is -3.97. The average Bonchev–Trinajstić information content (AvgIpc) is 3.21. The van der Waals surface area contributed by atoms with E-state index in [2.05, 4.69) is 25.2 Å². The number of nitrogens with zero attached hydrogens (tertiary/aromatic N) is 6. The molecule has 0 radical (unpaired) electrons. The fourth-order valence-electron chi connectivity index (χ4n) is 3.99. The van der Waals surface area contributed by atoms with Crippen molar-refractivity contribution < 1.29 is 13.9 Å². The number of piperazine rings is 1. The van der Waals surface area contributed by atoms with Crippen molar-refractivity contribution in [2.45, 2.75) is 13.5 Å². The summed E-state index contributed by atoms with van der Waals surface area (Å²) in [6.45, 7) is 5.43. The van der Waals surface area contributed by atoms with Crippen molar-refractivity contribution in [2.24, 2.45) is 7.05 Å². The molecule has 10 heteroatoms. The number of aryl methyl sites for hydroxylation is 2. The molecule has 176 valence electrons. The summed E-state index contributed by atoms with van der Waals surface area (Å²) in [7, 11) is 3.20. The molecule has 0 unspecified atom stereocenters. The first-order valence-electron chi connectivity index (χ1n) is 10.9. The summed E-state index contributed by atoms with van der Waals surface area (Å²) in [4.78, 5) is 21.9. The van der Waals surface area contributed by atoms with Gasteiger partial charge in [0.25, 0.3) is 5.91 Å². The van der Waals surface area contributed by atoms with Crippen LogP contribution in [0, 0.1) is 24.1 Å². The van der Waals surface area contributed by atoms with Crippen molar-refractivity contribution in [1.82, 2.24) is 19.7 Å². The summed E-state index contributed by atoms with van der Waals surface area (Å²) < 4.78 is 20.7. The van der Waals surface area contributed by atoms with Gasteiger partial charge in [-0.1, -0.05) is 6.07 Å². The van der Waals surface area contributed by atoms with Crippen LogP contribution in [0.3, 0.4) is 0 Å². The van der Waals surface area contributed by atoms with E-state index in [1.54, 1.807) is 25.5 Å². The Bertz CT molecular complexity index is 1240. The van der Waals surface area contributed by atoms with Gasteiger partial charge in [0.15, 0.2) is 5.82 Å². The van der Waals surface area contributed by atoms with Gasteiger partial charge < -0.3 is 15.0 Å². The molecule has 1 aliphatic rings. The summed E-state index contributed by atoms with van der Waals surface area (Å²) in [6.07, 6.45) is 3.39. The molecule has 2 aromatic heterocycles. The number of carbonyl (C=O) groups excluding carboxylic acids is 1. The Kier molecular flexibility index (Phi) is 6.75. The molecule has 1 aliphatic heterocycles. The molecule has 0 bridgehead atoms. The lowest BCUT2D eigenvalue weighted by Crippen LogP contribution is -2.46. The fourth-order valence-corrected chi connectivity index (χ4v) is 3.99. The number of anilines is 2. The number of amides is 1. The first-order chi connectivity index (χ1) is 16.4. The topological polar surface area (TPSA) is 99.3 Å². The third-order valence-corrected chi connectivity index (χ3v) is 5.72. The lowest BCUT2D eigenvalue weighted by Gasteiger charge is -2.36. The van der Waals surface area contributed by atoms with E-state index in [1.165, 1.54) is 23.9 Å². The largest absolute Gasteiger partial charge is 0.479 e. The summed E-state index contributed by atoms with van der Waals surface area (Å²) in [5, 5.41) is 16.0. The zero-order valence-electron chi connectivity index (χ0n) is 19.4. The minimum Gasteiger partial charge on any atom is -0.479 e. The highest BCUT2D eigenvalue weighted by atomic mass is 19.1. The van der Waals surface area contributed by atoms with Gasteiger partial charge in [-0.25, -0.2) is 9.37 Å². The fraction of sp³-hybridized carbons (Fsp3) is 0.333. The maximum absolute atomic E-state index is 13.9. The highest BCUT2D eigenvalue weighted by molar-refractivity contribution is 6.07. The number of pyridine rings is 1. The number of rotatable bonds is 6. The van der Waals surface area contributed by atoms with E-state index in [1.807, 2.05) is 19.1 Å². The van der Waals surface area contributed by atoms with Crippen molar-refractivity contribution >= 4 is 17.4 Å². The first-order valence-corrected chi connectivity index (χ1v) is 10.9. The number of halogens is 1. The van der Waals surface area contributed by atoms with E-state index in [9.17, 15) is 9.18 Å². The Morgan fingerprint density at radius 1 is 1.26 bits per heavy atom. The summed E-state index contributed by atoms with van der Waals surface area (Å²) in [5.74, 6) is 0.147. The van der Waals surface area contributed by atoms with Gasteiger partial charge >= 0.3 is 0 Å². The molecule has 1 aromatic carbocycles. The van der Waals surface area contributed by atoms with Gasteiger partial charge in [-0.05, 0) is 36.2 Å². The maximum atomic E-state index is 13.9. The molecule has 0 aliphatic carbocycles. The van der Waals surface area contributed by atoms with Crippen LogP contribution in [0.5, 0.6) is 5.88 Å². The predicted octanol–water partition coefficient (Wildman–Crippen LogP) is 2.72. The number of aromatic nitrogens is 3. The Labute approximate surface area is 197 Å². The van der Waals surface area contributed by atoms with Gasteiger partial charge in [0.05, 0.1) is 18.4 Å². The van der Waals surface area contributed by atoms with Crippen LogP contribution in [-0.4, -0.2) is 58.9 Å². The maximum Gasteiger partial charge on any atom is 0.262 e. The second kappa shape index (κ2) is 9.89. The summed E-state index contributed by atoms with van der Waals surface area (Å²) in [5.41, 5.74) is 2.78. The van der Waals surface area contributed by atoms with Crippen LogP contribution >= 0.6 is 0 Å². The number of methoxy groups -OCH3 is 1. The second-order valence-electron chi connectivity index (χ2n) is 8.25. The molecule has 3 heterocycles. The van der Waals surface area contributed by atoms with E-state index in [4.69, 9.17) is 10.00 Å². The van der Waals surface area contributed by atoms with Crippen LogP contribution in [0.2, 0.25) is 0 Å². The second-order valence-corrected chi connectivity index (χ2v) is 8.25. The van der Waals surface area contributed by atoms with Crippen LogP contribution in [0.1, 0.15) is 27.0 Å². The van der Waals surface area contributed by atoms with Crippen LogP contribution in [0.25, 0.3) is 0 Å². The average molecular weight is 464 g/mol. The third-order valence-electron chi connectivity index (χ3n) is 5.72. The van der Waals surface area contributed by atoms with Crippen molar-refractivity contribution in [1.29, 1.82) is 5.26 Å². The van der Waals surface area contributed by atoms with Gasteiger partial charge in [0, 0.05) is 52.2 Å². The monoisotopic (exact) mass is 463 g/mol. The van der Waals surface area contributed by atoms with Crippen LogP contribution in [0.4, 0.5) is 15.9 Å². The van der Waals surface area contributed by atoms with Gasteiger partial charge in [0.1, 0.15) is 17.4 Å². The number of ether oxygens (including phenoxy) is 1. The highest BCUT2D eigenvalue weighted by Crippen LogP contribution is 2.27. The quantitative estimate of drug-likeness (QED) is 0.600. The van der Waals surface area contributed by atoms with Gasteiger partial charge in [-0.2, -0.15) is 5.26 Å². The molecule has 1 fully saturated rings. The number of nitriles is 1. The van der Waals surface area contributed by atoms with Crippen LogP contribution < -0.4 is 15.0 Å². The van der Waals surface area contributed by atoms with Gasteiger partial charge in [0.2, 0.25) is 5.88 Å². The lowest BCUT2D eigenvalue weighted by molar-refractivity contribution is 0.102. The molecule has 0 atom stereocenters. The van der Waals surface area contributed by atoms with E-state index in [-0.39, 0.29) is 17.4 Å². The standard InChI is InChI=1S/C24H26FN7O2/c1-16-10-21(28-23(33)19-15-30(2)29-24(19)34-3)22(27-13-16)32-8-6-31(7-9-32)14-17-4-5-18(12-26)20(25)11-17/h4-5,10-11,13,15H,6-9,14H2,1-3H3,(H,28,33). The SMILES string of the molecule is COc1nn(C)cc1C(=O)Nc1cc(C)cnc1N1CCN(Cc2ccc(C#N)c(F)c2)CC1. The van der Waals surface area contributed by atoms with Crippen LogP contribution in [0.15, 0.2) is 36.7 Å². The molecule has 4 rings (SSSR count). The molecule has 3 aromatic rings. The molecule has 9 nitrogen and oxygen atoms in total. The summed E-state index contributed by atoms with van der Waals surface area (Å²) in [6, 6.07) is 8.47. The molecule has 1 amide bonds. The normalized spacial score (nSPS) is 14.0. The van der Waals surface area contributed by atoms with E-state index < -0.39 is 5.82 Å². The molecule has 0 spiro atoms. The number of nitrogens with one attached hydrogen (secondary N) is 1. The molecule has 0 saturated carbocycles. The van der Waals surface area contributed by atoms with Gasteiger partial charge in [-0.3, -0.25) is 14.4 Å². The lowest BCUT2D eigenvalue weighted by atomic mass is 10.1. The molecular weight excluding hydrogens is 437 g/mol. The smallest absolute Gasteiger partial charge is 0.262 e. The molecule has 1 N–H and O–H groups in total. The van der Waals surface area contributed by atoms with E-state index >= 15 is 0 Å². The number of benzene rings is 1. The Morgan fingerprint density at radius 2 is 2.03 bits per heavy atom. The minimum atomic E-state index is -0.492. The molecule has 1 saturated heterocycles. The van der Waals surface area contributed by atoms with Crippen molar-refractivity contribution in [3.05, 3.63) is 64.7 Å². The molecular formula is C24H26FN7O2. The van der Waals surface area contributed by atoms with Crippen molar-refractivity contribution in [2.75, 3.05) is 43.5 Å². The molecule has 34 heavy (non-hydrogen) atoms. The zero-order chi connectivity index (χ0) is 24.2. The highest BCUT2D eigenvalue weighted by Gasteiger charge is 2.23. The van der Waals surface area contributed by atoms with Crippen LogP contribution in [-0.2, 0) is 13.6 Å².